The summed E-state index contributed by atoms with van der Waals surface area (Å²) in [4.78, 5) is 0. The SMILES string of the molecule is Cc1ccc(C2CCC(CCC3CCC(C)CC3)CC2)c(F)c1F. The molecule has 0 aromatic heterocycles. The van der Waals surface area contributed by atoms with Gasteiger partial charge in [-0.05, 0) is 67.4 Å². The predicted octanol–water partition coefficient (Wildman–Crippen LogP) is 7.15. The zero-order valence-corrected chi connectivity index (χ0v) is 15.3. The maximum absolute atomic E-state index is 14.2. The fourth-order valence-corrected chi connectivity index (χ4v) is 4.83. The van der Waals surface area contributed by atoms with Gasteiger partial charge in [0.25, 0.3) is 0 Å². The highest BCUT2D eigenvalue weighted by Gasteiger charge is 2.27. The van der Waals surface area contributed by atoms with Crippen LogP contribution in [0.2, 0.25) is 0 Å². The van der Waals surface area contributed by atoms with Crippen LogP contribution in [0.25, 0.3) is 0 Å². The third-order valence-electron chi connectivity index (χ3n) is 6.71. The first-order chi connectivity index (χ1) is 11.5. The minimum Gasteiger partial charge on any atom is -0.203 e. The van der Waals surface area contributed by atoms with Crippen molar-refractivity contribution >= 4 is 0 Å². The van der Waals surface area contributed by atoms with E-state index in [1.165, 1.54) is 51.4 Å². The fourth-order valence-electron chi connectivity index (χ4n) is 4.83. The number of benzene rings is 1. The monoisotopic (exact) mass is 334 g/mol. The maximum Gasteiger partial charge on any atom is 0.162 e. The Bertz CT molecular complexity index is 535. The van der Waals surface area contributed by atoms with Gasteiger partial charge in [0.15, 0.2) is 11.6 Å². The molecule has 2 fully saturated rings. The van der Waals surface area contributed by atoms with Gasteiger partial charge < -0.3 is 0 Å². The molecular formula is C22H32F2. The van der Waals surface area contributed by atoms with Crippen LogP contribution >= 0.6 is 0 Å². The Morgan fingerprint density at radius 1 is 0.792 bits per heavy atom. The Labute approximate surface area is 146 Å². The lowest BCUT2D eigenvalue weighted by atomic mass is 9.74. The van der Waals surface area contributed by atoms with E-state index in [-0.39, 0.29) is 5.92 Å². The molecule has 0 aliphatic heterocycles. The number of rotatable bonds is 4. The minimum atomic E-state index is -0.652. The van der Waals surface area contributed by atoms with E-state index in [0.717, 1.165) is 30.6 Å². The Hall–Kier alpha value is -0.920. The average molecular weight is 334 g/mol. The topological polar surface area (TPSA) is 0 Å². The van der Waals surface area contributed by atoms with Gasteiger partial charge in [-0.25, -0.2) is 8.78 Å². The molecule has 0 bridgehead atoms. The van der Waals surface area contributed by atoms with E-state index >= 15 is 0 Å². The van der Waals surface area contributed by atoms with Gasteiger partial charge in [-0.2, -0.15) is 0 Å². The molecule has 0 spiro atoms. The molecule has 2 aliphatic carbocycles. The third kappa shape index (κ3) is 4.18. The summed E-state index contributed by atoms with van der Waals surface area (Å²) < 4.78 is 28.0. The lowest BCUT2D eigenvalue weighted by Crippen LogP contribution is -2.17. The van der Waals surface area contributed by atoms with Gasteiger partial charge >= 0.3 is 0 Å². The van der Waals surface area contributed by atoms with E-state index in [4.69, 9.17) is 0 Å². The summed E-state index contributed by atoms with van der Waals surface area (Å²) >= 11 is 0. The molecule has 134 valence electrons. The van der Waals surface area contributed by atoms with Crippen molar-refractivity contribution in [1.29, 1.82) is 0 Å². The second-order valence-electron chi connectivity index (χ2n) is 8.52. The Balaban J connectivity index is 1.47. The van der Waals surface area contributed by atoms with Gasteiger partial charge in [0.2, 0.25) is 0 Å². The molecule has 0 N–H and O–H groups in total. The lowest BCUT2D eigenvalue weighted by Gasteiger charge is -2.31. The van der Waals surface area contributed by atoms with Crippen LogP contribution in [-0.4, -0.2) is 0 Å². The molecule has 2 heteroatoms. The molecule has 1 aromatic carbocycles. The van der Waals surface area contributed by atoms with Gasteiger partial charge in [-0.1, -0.05) is 57.6 Å². The zero-order valence-electron chi connectivity index (χ0n) is 15.3. The number of halogens is 2. The van der Waals surface area contributed by atoms with E-state index in [1.807, 2.05) is 6.07 Å². The van der Waals surface area contributed by atoms with Crippen LogP contribution in [0.4, 0.5) is 8.78 Å². The van der Waals surface area contributed by atoms with Gasteiger partial charge in [0, 0.05) is 0 Å². The van der Waals surface area contributed by atoms with Gasteiger partial charge in [-0.15, -0.1) is 0 Å². The van der Waals surface area contributed by atoms with Gasteiger partial charge in [0.1, 0.15) is 0 Å². The zero-order chi connectivity index (χ0) is 17.1. The van der Waals surface area contributed by atoms with Crippen molar-refractivity contribution in [2.24, 2.45) is 17.8 Å². The van der Waals surface area contributed by atoms with Crippen molar-refractivity contribution < 1.29 is 8.78 Å². The van der Waals surface area contributed by atoms with Crippen LogP contribution in [0.3, 0.4) is 0 Å². The first kappa shape index (κ1) is 17.9. The summed E-state index contributed by atoms with van der Waals surface area (Å²) in [5.41, 5.74) is 1.02. The van der Waals surface area contributed by atoms with Crippen LogP contribution in [0.15, 0.2) is 12.1 Å². The van der Waals surface area contributed by atoms with Crippen LogP contribution in [-0.2, 0) is 0 Å². The van der Waals surface area contributed by atoms with Crippen LogP contribution < -0.4 is 0 Å². The number of hydrogen-bond donors (Lipinski definition) is 0. The molecule has 0 radical (unpaired) electrons. The summed E-state index contributed by atoms with van der Waals surface area (Å²) in [6.45, 7) is 4.01. The predicted molar refractivity (Wildman–Crippen MR) is 96.2 cm³/mol. The largest absolute Gasteiger partial charge is 0.203 e. The highest BCUT2D eigenvalue weighted by Crippen LogP contribution is 2.40. The Morgan fingerprint density at radius 2 is 1.33 bits per heavy atom. The molecule has 0 heterocycles. The molecule has 2 aliphatic rings. The third-order valence-corrected chi connectivity index (χ3v) is 6.71. The van der Waals surface area contributed by atoms with Crippen LogP contribution in [0, 0.1) is 36.3 Å². The average Bonchev–Trinajstić information content (AvgIpc) is 2.60. The second kappa shape index (κ2) is 7.97. The summed E-state index contributed by atoms with van der Waals surface area (Å²) in [7, 11) is 0. The highest BCUT2D eigenvalue weighted by atomic mass is 19.2. The Morgan fingerprint density at radius 3 is 1.92 bits per heavy atom. The van der Waals surface area contributed by atoms with Crippen molar-refractivity contribution in [3.63, 3.8) is 0 Å². The summed E-state index contributed by atoms with van der Waals surface area (Å²) in [6.07, 6.45) is 12.8. The fraction of sp³-hybridized carbons (Fsp3) is 0.727. The molecule has 0 nitrogen and oxygen atoms in total. The molecule has 0 atom stereocenters. The Kier molecular flexibility index (Phi) is 5.94. The van der Waals surface area contributed by atoms with Crippen molar-refractivity contribution in [3.05, 3.63) is 34.9 Å². The molecular weight excluding hydrogens is 302 g/mol. The van der Waals surface area contributed by atoms with E-state index in [2.05, 4.69) is 6.92 Å². The van der Waals surface area contributed by atoms with Crippen molar-refractivity contribution in [2.45, 2.75) is 84.0 Å². The first-order valence-electron chi connectivity index (χ1n) is 9.99. The van der Waals surface area contributed by atoms with E-state index < -0.39 is 11.6 Å². The first-order valence-corrected chi connectivity index (χ1v) is 9.99. The molecule has 0 unspecified atom stereocenters. The lowest BCUT2D eigenvalue weighted by molar-refractivity contribution is 0.236. The molecule has 0 amide bonds. The highest BCUT2D eigenvalue weighted by molar-refractivity contribution is 5.28. The quantitative estimate of drug-likeness (QED) is 0.548. The molecule has 0 saturated heterocycles. The van der Waals surface area contributed by atoms with Gasteiger partial charge in [-0.3, -0.25) is 0 Å². The van der Waals surface area contributed by atoms with Crippen LogP contribution in [0.1, 0.15) is 88.2 Å². The molecule has 1 aromatic rings. The summed E-state index contributed by atoms with van der Waals surface area (Å²) in [6, 6.07) is 3.53. The van der Waals surface area contributed by atoms with Crippen molar-refractivity contribution in [1.82, 2.24) is 0 Å². The molecule has 24 heavy (non-hydrogen) atoms. The van der Waals surface area contributed by atoms with Crippen molar-refractivity contribution in [2.75, 3.05) is 0 Å². The van der Waals surface area contributed by atoms with E-state index in [0.29, 0.717) is 11.1 Å². The second-order valence-corrected chi connectivity index (χ2v) is 8.52. The number of hydrogen-bond acceptors (Lipinski definition) is 0. The minimum absolute atomic E-state index is 0.215. The normalized spacial score (nSPS) is 31.2. The summed E-state index contributed by atoms with van der Waals surface area (Å²) in [5.74, 6) is 1.64. The van der Waals surface area contributed by atoms with E-state index in [9.17, 15) is 8.78 Å². The number of aryl methyl sites for hydroxylation is 1. The summed E-state index contributed by atoms with van der Waals surface area (Å²) in [5, 5.41) is 0. The van der Waals surface area contributed by atoms with E-state index in [1.54, 1.807) is 13.0 Å². The van der Waals surface area contributed by atoms with Crippen LogP contribution in [0.5, 0.6) is 0 Å². The van der Waals surface area contributed by atoms with Gasteiger partial charge in [0.05, 0.1) is 0 Å². The van der Waals surface area contributed by atoms with Crippen molar-refractivity contribution in [3.8, 4) is 0 Å². The standard InChI is InChI=1S/C22H32F2/c1-15-3-6-17(7-4-15)8-9-18-10-12-19(13-11-18)20-14-5-16(2)21(23)22(20)24/h5,14-15,17-19H,3-4,6-13H2,1-2H3. The maximum atomic E-state index is 14.2. The molecule has 3 rings (SSSR count). The molecule has 2 saturated carbocycles. The smallest absolute Gasteiger partial charge is 0.162 e.